The molecule has 0 saturated carbocycles. The number of hydrogen-bond donors (Lipinski definition) is 1. The van der Waals surface area contributed by atoms with Gasteiger partial charge in [-0.2, -0.15) is 0 Å². The van der Waals surface area contributed by atoms with Gasteiger partial charge in [-0.3, -0.25) is 4.79 Å². The third kappa shape index (κ3) is 1.96. The number of esters is 1. The molecule has 0 aromatic heterocycles. The molecule has 4 nitrogen and oxygen atoms in total. The second-order valence-corrected chi connectivity index (χ2v) is 3.71. The number of carbonyl (C=O) groups excluding carboxylic acids is 1. The number of benzene rings is 1. The molecular formula is C12H14O4. The van der Waals surface area contributed by atoms with E-state index in [0.717, 1.165) is 5.56 Å². The van der Waals surface area contributed by atoms with Gasteiger partial charge in [-0.1, -0.05) is 12.1 Å². The van der Waals surface area contributed by atoms with Crippen LogP contribution in [0.2, 0.25) is 0 Å². The minimum Gasteiger partial charge on any atom is -0.504 e. The fourth-order valence-corrected chi connectivity index (χ4v) is 1.88. The lowest BCUT2D eigenvalue weighted by Gasteiger charge is -2.07. The van der Waals surface area contributed by atoms with Crippen LogP contribution in [0.5, 0.6) is 11.5 Å². The van der Waals surface area contributed by atoms with Crippen molar-refractivity contribution < 1.29 is 19.4 Å². The Morgan fingerprint density at radius 1 is 1.62 bits per heavy atom. The summed E-state index contributed by atoms with van der Waals surface area (Å²) in [5.41, 5.74) is 0.882. The summed E-state index contributed by atoms with van der Waals surface area (Å²) >= 11 is 0. The van der Waals surface area contributed by atoms with Gasteiger partial charge in [0.2, 0.25) is 0 Å². The maximum atomic E-state index is 11.4. The highest BCUT2D eigenvalue weighted by Gasteiger charge is 2.28. The van der Waals surface area contributed by atoms with Crippen LogP contribution >= 0.6 is 0 Å². The Balaban J connectivity index is 2.12. The number of ether oxygens (including phenoxy) is 2. The van der Waals surface area contributed by atoms with Crippen LogP contribution in [-0.4, -0.2) is 24.3 Å². The van der Waals surface area contributed by atoms with E-state index >= 15 is 0 Å². The fraction of sp³-hybridized carbons (Fsp3) is 0.417. The van der Waals surface area contributed by atoms with E-state index in [1.807, 2.05) is 6.07 Å². The van der Waals surface area contributed by atoms with Crippen molar-refractivity contribution in [3.8, 4) is 11.5 Å². The topological polar surface area (TPSA) is 55.8 Å². The van der Waals surface area contributed by atoms with Gasteiger partial charge in [0, 0.05) is 11.5 Å². The van der Waals surface area contributed by atoms with Gasteiger partial charge in [0.15, 0.2) is 11.5 Å². The largest absolute Gasteiger partial charge is 0.504 e. The van der Waals surface area contributed by atoms with Crippen molar-refractivity contribution in [3.63, 3.8) is 0 Å². The summed E-state index contributed by atoms with van der Waals surface area (Å²) in [6.45, 7) is 2.59. The zero-order valence-electron chi connectivity index (χ0n) is 9.10. The number of hydrogen-bond acceptors (Lipinski definition) is 4. The van der Waals surface area contributed by atoms with Gasteiger partial charge < -0.3 is 14.6 Å². The zero-order chi connectivity index (χ0) is 11.5. The Morgan fingerprint density at radius 2 is 2.44 bits per heavy atom. The standard InChI is InChI=1S/C12H14O4/c1-2-15-11(14)6-8-7-16-12-9(8)4-3-5-10(12)13/h3-5,8,13H,2,6-7H2,1H3. The molecule has 0 bridgehead atoms. The van der Waals surface area contributed by atoms with Gasteiger partial charge in [0.25, 0.3) is 0 Å². The molecule has 0 aliphatic carbocycles. The molecule has 1 aliphatic rings. The minimum atomic E-state index is -0.229. The summed E-state index contributed by atoms with van der Waals surface area (Å²) in [5, 5.41) is 9.55. The average Bonchev–Trinajstić information content (AvgIpc) is 2.64. The average molecular weight is 222 g/mol. The molecule has 1 heterocycles. The van der Waals surface area contributed by atoms with Crippen molar-refractivity contribution in [2.24, 2.45) is 0 Å². The van der Waals surface area contributed by atoms with E-state index in [1.165, 1.54) is 0 Å². The lowest BCUT2D eigenvalue weighted by atomic mass is 9.98. The van der Waals surface area contributed by atoms with E-state index in [1.54, 1.807) is 19.1 Å². The third-order valence-electron chi connectivity index (χ3n) is 2.61. The number of rotatable bonds is 3. The third-order valence-corrected chi connectivity index (χ3v) is 2.61. The summed E-state index contributed by atoms with van der Waals surface area (Å²) in [7, 11) is 0. The fourth-order valence-electron chi connectivity index (χ4n) is 1.88. The van der Waals surface area contributed by atoms with Crippen LogP contribution in [0.25, 0.3) is 0 Å². The highest BCUT2D eigenvalue weighted by Crippen LogP contribution is 2.41. The lowest BCUT2D eigenvalue weighted by Crippen LogP contribution is -2.11. The zero-order valence-corrected chi connectivity index (χ0v) is 9.10. The van der Waals surface area contributed by atoms with Crippen molar-refractivity contribution >= 4 is 5.97 Å². The second-order valence-electron chi connectivity index (χ2n) is 3.71. The molecule has 0 radical (unpaired) electrons. The molecule has 86 valence electrons. The monoisotopic (exact) mass is 222 g/mol. The molecule has 1 aromatic carbocycles. The molecule has 1 atom stereocenters. The van der Waals surface area contributed by atoms with Crippen LogP contribution < -0.4 is 4.74 Å². The second kappa shape index (κ2) is 4.43. The number of carbonyl (C=O) groups is 1. The van der Waals surface area contributed by atoms with E-state index in [4.69, 9.17) is 9.47 Å². The lowest BCUT2D eigenvalue weighted by molar-refractivity contribution is -0.143. The smallest absolute Gasteiger partial charge is 0.306 e. The Labute approximate surface area is 93.8 Å². The normalized spacial score (nSPS) is 17.7. The van der Waals surface area contributed by atoms with E-state index in [0.29, 0.717) is 25.4 Å². The van der Waals surface area contributed by atoms with Gasteiger partial charge in [-0.15, -0.1) is 0 Å². The molecule has 0 saturated heterocycles. The van der Waals surface area contributed by atoms with Crippen LogP contribution in [0.1, 0.15) is 24.8 Å². The van der Waals surface area contributed by atoms with E-state index in [9.17, 15) is 9.90 Å². The van der Waals surface area contributed by atoms with E-state index in [2.05, 4.69) is 0 Å². The van der Waals surface area contributed by atoms with Crippen molar-refractivity contribution in [3.05, 3.63) is 23.8 Å². The van der Waals surface area contributed by atoms with Crippen LogP contribution in [0.15, 0.2) is 18.2 Å². The number of phenols is 1. The minimum absolute atomic E-state index is 0.0128. The molecule has 1 N–H and O–H groups in total. The molecule has 1 unspecified atom stereocenters. The van der Waals surface area contributed by atoms with Gasteiger partial charge in [0.1, 0.15) is 0 Å². The summed E-state index contributed by atoms with van der Waals surface area (Å²) in [5.74, 6) is 0.383. The molecule has 1 aliphatic heterocycles. The Bertz CT molecular complexity index is 400. The van der Waals surface area contributed by atoms with Crippen LogP contribution in [0.4, 0.5) is 0 Å². The summed E-state index contributed by atoms with van der Waals surface area (Å²) in [4.78, 5) is 11.4. The summed E-state index contributed by atoms with van der Waals surface area (Å²) < 4.78 is 10.3. The molecule has 0 amide bonds. The van der Waals surface area contributed by atoms with Gasteiger partial charge >= 0.3 is 5.97 Å². The van der Waals surface area contributed by atoms with E-state index < -0.39 is 0 Å². The summed E-state index contributed by atoms with van der Waals surface area (Å²) in [6, 6.07) is 5.19. The molecule has 1 aromatic rings. The predicted molar refractivity (Wildman–Crippen MR) is 57.6 cm³/mol. The maximum Gasteiger partial charge on any atom is 0.306 e. The molecule has 2 rings (SSSR count). The highest BCUT2D eigenvalue weighted by atomic mass is 16.5. The number of phenolic OH excluding ortho intramolecular Hbond substituents is 1. The highest BCUT2D eigenvalue weighted by molar-refractivity contribution is 5.71. The molecule has 0 fully saturated rings. The van der Waals surface area contributed by atoms with Crippen molar-refractivity contribution in [2.45, 2.75) is 19.3 Å². The maximum absolute atomic E-state index is 11.4. The first-order valence-corrected chi connectivity index (χ1v) is 5.32. The van der Waals surface area contributed by atoms with Crippen molar-refractivity contribution in [1.82, 2.24) is 0 Å². The van der Waals surface area contributed by atoms with Gasteiger partial charge in [0.05, 0.1) is 19.6 Å². The molecule has 0 spiro atoms. The van der Waals surface area contributed by atoms with Gasteiger partial charge in [-0.05, 0) is 13.0 Å². The number of fused-ring (bicyclic) bond motifs is 1. The summed E-state index contributed by atoms with van der Waals surface area (Å²) in [6.07, 6.45) is 0.296. The number of aromatic hydroxyl groups is 1. The van der Waals surface area contributed by atoms with Crippen LogP contribution in [0, 0.1) is 0 Å². The molecule has 4 heteroatoms. The number of para-hydroxylation sites is 1. The van der Waals surface area contributed by atoms with E-state index in [-0.39, 0.29) is 17.6 Å². The van der Waals surface area contributed by atoms with Crippen LogP contribution in [0.3, 0.4) is 0 Å². The van der Waals surface area contributed by atoms with Crippen LogP contribution in [-0.2, 0) is 9.53 Å². The molecule has 16 heavy (non-hydrogen) atoms. The Hall–Kier alpha value is -1.71. The SMILES string of the molecule is CCOC(=O)CC1COc2c(O)cccc21. The Kier molecular flexibility index (Phi) is 2.99. The van der Waals surface area contributed by atoms with Crippen molar-refractivity contribution in [2.75, 3.05) is 13.2 Å². The first-order valence-electron chi connectivity index (χ1n) is 5.32. The van der Waals surface area contributed by atoms with Gasteiger partial charge in [-0.25, -0.2) is 0 Å². The predicted octanol–water partition coefficient (Wildman–Crippen LogP) is 1.82. The Morgan fingerprint density at radius 3 is 3.19 bits per heavy atom. The first kappa shape index (κ1) is 10.8. The molecular weight excluding hydrogens is 208 g/mol. The first-order chi connectivity index (χ1) is 7.72. The van der Waals surface area contributed by atoms with Crippen molar-refractivity contribution in [1.29, 1.82) is 0 Å². The quantitative estimate of drug-likeness (QED) is 0.792.